The average Bonchev–Trinajstić information content (AvgIpc) is 2.36. The molecule has 1 aromatic rings. The third-order valence-corrected chi connectivity index (χ3v) is 2.78. The fourth-order valence-corrected chi connectivity index (χ4v) is 1.80. The molecule has 0 saturated heterocycles. The zero-order valence-electron chi connectivity index (χ0n) is 9.59. The number of rotatable bonds is 1. The second-order valence-electron chi connectivity index (χ2n) is 3.96. The number of carbonyl (C=O) groups excluding carboxylic acids is 3. The van der Waals surface area contributed by atoms with Crippen molar-refractivity contribution in [1.29, 1.82) is 0 Å². The third kappa shape index (κ3) is 1.55. The summed E-state index contributed by atoms with van der Waals surface area (Å²) in [6.45, 7) is 1.09. The van der Waals surface area contributed by atoms with Gasteiger partial charge in [-0.3, -0.25) is 14.4 Å². The number of Topliss-reactive ketones (excluding diaryl/α,β-unsaturated/α-hetero) is 3. The van der Waals surface area contributed by atoms with Gasteiger partial charge < -0.3 is 20.4 Å². The predicted molar refractivity (Wildman–Crippen MR) is 60.7 cm³/mol. The number of aliphatic hydroxyl groups is 2. The Morgan fingerprint density at radius 1 is 0.947 bits per heavy atom. The average molecular weight is 264 g/mol. The van der Waals surface area contributed by atoms with Crippen LogP contribution in [0.15, 0.2) is 17.6 Å². The Morgan fingerprint density at radius 3 is 2.00 bits per heavy atom. The molecular formula is C12H8O7. The Bertz CT molecular complexity index is 682. The van der Waals surface area contributed by atoms with Gasteiger partial charge in [0.1, 0.15) is 0 Å². The Labute approximate surface area is 106 Å². The zero-order valence-corrected chi connectivity index (χ0v) is 9.59. The van der Waals surface area contributed by atoms with Gasteiger partial charge in [0.05, 0.1) is 11.1 Å². The summed E-state index contributed by atoms with van der Waals surface area (Å²) in [5, 5.41) is 37.8. The molecule has 1 aromatic carbocycles. The summed E-state index contributed by atoms with van der Waals surface area (Å²) in [5.74, 6) is -7.21. The first-order valence-corrected chi connectivity index (χ1v) is 5.08. The number of ketones is 3. The minimum atomic E-state index is -1.22. The maximum atomic E-state index is 11.7. The molecule has 2 rings (SSSR count). The number of hydrogen-bond acceptors (Lipinski definition) is 7. The van der Waals surface area contributed by atoms with E-state index < -0.39 is 51.5 Å². The number of fused-ring (bicyclic) bond motifs is 1. The SMILES string of the molecule is CC(=O)c1cc2c(c(O)c1O)C(=O)C(O)=C(O)C2=O. The number of allylic oxidation sites excluding steroid dienone is 2. The highest BCUT2D eigenvalue weighted by Crippen LogP contribution is 2.39. The fraction of sp³-hybridized carbons (Fsp3) is 0.0833. The van der Waals surface area contributed by atoms with Crippen LogP contribution in [0.4, 0.5) is 0 Å². The molecule has 0 bridgehead atoms. The Kier molecular flexibility index (Phi) is 2.55. The van der Waals surface area contributed by atoms with Gasteiger partial charge in [-0.1, -0.05) is 0 Å². The van der Waals surface area contributed by atoms with Crippen molar-refractivity contribution >= 4 is 17.3 Å². The van der Waals surface area contributed by atoms with Gasteiger partial charge in [-0.15, -0.1) is 0 Å². The summed E-state index contributed by atoms with van der Waals surface area (Å²) in [6.07, 6.45) is 0. The van der Waals surface area contributed by atoms with E-state index in [4.69, 9.17) is 0 Å². The number of aliphatic hydroxyl groups excluding tert-OH is 2. The number of aromatic hydroxyl groups is 2. The van der Waals surface area contributed by atoms with E-state index >= 15 is 0 Å². The lowest BCUT2D eigenvalue weighted by atomic mass is 9.88. The molecule has 0 atom stereocenters. The van der Waals surface area contributed by atoms with Crippen LogP contribution in [0.25, 0.3) is 0 Å². The summed E-state index contributed by atoms with van der Waals surface area (Å²) in [4.78, 5) is 34.6. The van der Waals surface area contributed by atoms with Crippen LogP contribution in [0.1, 0.15) is 38.0 Å². The van der Waals surface area contributed by atoms with E-state index in [1.807, 2.05) is 0 Å². The quantitative estimate of drug-likeness (QED) is 0.439. The number of benzene rings is 1. The molecule has 98 valence electrons. The van der Waals surface area contributed by atoms with E-state index in [1.54, 1.807) is 0 Å². The molecule has 0 aromatic heterocycles. The molecule has 7 nitrogen and oxygen atoms in total. The van der Waals surface area contributed by atoms with Crippen molar-refractivity contribution in [3.8, 4) is 11.5 Å². The molecule has 0 aliphatic heterocycles. The standard InChI is InChI=1S/C12H8O7/c1-3(13)4-2-5-6(9(16)7(4)14)10(17)12(19)11(18)8(5)15/h2,14,16,18-19H,1H3. The van der Waals surface area contributed by atoms with Gasteiger partial charge in [-0.25, -0.2) is 0 Å². The minimum absolute atomic E-state index is 0.369. The first-order chi connectivity index (χ1) is 8.77. The van der Waals surface area contributed by atoms with Crippen molar-refractivity contribution in [3.63, 3.8) is 0 Å². The maximum absolute atomic E-state index is 11.7. The van der Waals surface area contributed by atoms with E-state index in [9.17, 15) is 34.8 Å². The molecule has 0 unspecified atom stereocenters. The maximum Gasteiger partial charge on any atom is 0.236 e. The van der Waals surface area contributed by atoms with E-state index in [2.05, 4.69) is 0 Å². The van der Waals surface area contributed by atoms with Crippen molar-refractivity contribution in [2.45, 2.75) is 6.92 Å². The highest BCUT2D eigenvalue weighted by Gasteiger charge is 2.37. The summed E-state index contributed by atoms with van der Waals surface area (Å²) >= 11 is 0. The van der Waals surface area contributed by atoms with Gasteiger partial charge in [0, 0.05) is 5.56 Å². The van der Waals surface area contributed by atoms with Gasteiger partial charge in [-0.05, 0) is 13.0 Å². The van der Waals surface area contributed by atoms with Crippen molar-refractivity contribution in [2.75, 3.05) is 0 Å². The second kappa shape index (κ2) is 3.84. The van der Waals surface area contributed by atoms with E-state index in [1.165, 1.54) is 0 Å². The van der Waals surface area contributed by atoms with Crippen molar-refractivity contribution < 1.29 is 34.8 Å². The number of carbonyl (C=O) groups is 3. The molecule has 4 N–H and O–H groups in total. The van der Waals surface area contributed by atoms with Crippen LogP contribution < -0.4 is 0 Å². The van der Waals surface area contributed by atoms with Crippen LogP contribution >= 0.6 is 0 Å². The number of phenolic OH excluding ortho intramolecular Hbond substituents is 2. The third-order valence-electron chi connectivity index (χ3n) is 2.78. The summed E-state index contributed by atoms with van der Waals surface area (Å²) in [7, 11) is 0. The Hall–Kier alpha value is -2.83. The molecule has 19 heavy (non-hydrogen) atoms. The molecule has 0 fully saturated rings. The molecule has 0 amide bonds. The van der Waals surface area contributed by atoms with Crippen molar-refractivity contribution in [3.05, 3.63) is 34.3 Å². The van der Waals surface area contributed by atoms with Gasteiger partial charge in [-0.2, -0.15) is 0 Å². The lowest BCUT2D eigenvalue weighted by Crippen LogP contribution is -2.22. The number of phenols is 2. The first kappa shape index (κ1) is 12.6. The van der Waals surface area contributed by atoms with Gasteiger partial charge in [0.25, 0.3) is 0 Å². The minimum Gasteiger partial charge on any atom is -0.504 e. The molecular weight excluding hydrogens is 256 g/mol. The van der Waals surface area contributed by atoms with Crippen LogP contribution in [-0.2, 0) is 0 Å². The van der Waals surface area contributed by atoms with Crippen molar-refractivity contribution in [1.82, 2.24) is 0 Å². The molecule has 0 heterocycles. The van der Waals surface area contributed by atoms with E-state index in [0.717, 1.165) is 13.0 Å². The van der Waals surface area contributed by atoms with Crippen LogP contribution in [-0.4, -0.2) is 37.8 Å². The molecule has 7 heteroatoms. The Balaban J connectivity index is 2.87. The first-order valence-electron chi connectivity index (χ1n) is 5.08. The Morgan fingerprint density at radius 2 is 1.47 bits per heavy atom. The predicted octanol–water partition coefficient (Wildman–Crippen LogP) is 1.01. The molecule has 0 saturated carbocycles. The highest BCUT2D eigenvalue weighted by molar-refractivity contribution is 6.27. The lowest BCUT2D eigenvalue weighted by molar-refractivity contribution is 0.0877. The highest BCUT2D eigenvalue weighted by atomic mass is 16.3. The largest absolute Gasteiger partial charge is 0.504 e. The summed E-state index contributed by atoms with van der Waals surface area (Å²) in [6, 6.07) is 0.885. The molecule has 0 spiro atoms. The second-order valence-corrected chi connectivity index (χ2v) is 3.96. The normalized spacial score (nSPS) is 14.6. The summed E-state index contributed by atoms with van der Waals surface area (Å²) < 4.78 is 0. The lowest BCUT2D eigenvalue weighted by Gasteiger charge is -2.17. The smallest absolute Gasteiger partial charge is 0.236 e. The van der Waals surface area contributed by atoms with Crippen LogP contribution in [0.5, 0.6) is 11.5 Å². The van der Waals surface area contributed by atoms with Gasteiger partial charge >= 0.3 is 0 Å². The van der Waals surface area contributed by atoms with E-state index in [-0.39, 0.29) is 5.56 Å². The van der Waals surface area contributed by atoms with Gasteiger partial charge in [0.2, 0.25) is 23.1 Å². The molecule has 1 aliphatic rings. The summed E-state index contributed by atoms with van der Waals surface area (Å²) in [5.41, 5.74) is -1.48. The van der Waals surface area contributed by atoms with Crippen LogP contribution in [0.2, 0.25) is 0 Å². The van der Waals surface area contributed by atoms with Crippen LogP contribution in [0, 0.1) is 0 Å². The number of hydrogen-bond donors (Lipinski definition) is 4. The monoisotopic (exact) mass is 264 g/mol. The zero-order chi connectivity index (χ0) is 14.5. The molecule has 0 radical (unpaired) electrons. The van der Waals surface area contributed by atoms with E-state index in [0.29, 0.717) is 0 Å². The topological polar surface area (TPSA) is 132 Å². The van der Waals surface area contributed by atoms with Crippen molar-refractivity contribution in [2.24, 2.45) is 0 Å². The van der Waals surface area contributed by atoms with Gasteiger partial charge in [0.15, 0.2) is 17.3 Å². The molecule has 1 aliphatic carbocycles. The van der Waals surface area contributed by atoms with Crippen LogP contribution in [0.3, 0.4) is 0 Å². The fourth-order valence-electron chi connectivity index (χ4n) is 1.80.